The molecule has 1 fully saturated rings. The first-order chi connectivity index (χ1) is 9.78. The average Bonchev–Trinajstić information content (AvgIpc) is 2.41. The molecule has 1 heterocycles. The van der Waals surface area contributed by atoms with Crippen molar-refractivity contribution in [2.24, 2.45) is 0 Å². The van der Waals surface area contributed by atoms with E-state index in [9.17, 15) is 18.0 Å². The van der Waals surface area contributed by atoms with E-state index in [1.54, 1.807) is 19.9 Å². The van der Waals surface area contributed by atoms with E-state index in [0.717, 1.165) is 4.31 Å². The number of hydrogen-bond donors (Lipinski definition) is 2. The molecule has 1 aromatic rings. The molecule has 2 amide bonds. The van der Waals surface area contributed by atoms with Crippen LogP contribution in [0.2, 0.25) is 0 Å². The Balaban J connectivity index is 2.53. The van der Waals surface area contributed by atoms with Crippen molar-refractivity contribution < 1.29 is 18.0 Å². The Morgan fingerprint density at radius 3 is 2.67 bits per heavy atom. The van der Waals surface area contributed by atoms with Crippen LogP contribution >= 0.6 is 0 Å². The molecular formula is C13H17N3O4S. The van der Waals surface area contributed by atoms with Gasteiger partial charge < -0.3 is 5.73 Å². The van der Waals surface area contributed by atoms with Gasteiger partial charge in [0, 0.05) is 5.69 Å². The first kappa shape index (κ1) is 15.5. The molecule has 2 rings (SSSR count). The molecule has 8 heteroatoms. The van der Waals surface area contributed by atoms with Crippen LogP contribution in [0.3, 0.4) is 0 Å². The second kappa shape index (κ2) is 5.45. The molecule has 1 atom stereocenters. The number of benzene rings is 1. The molecule has 21 heavy (non-hydrogen) atoms. The van der Waals surface area contributed by atoms with Crippen LogP contribution in [-0.4, -0.2) is 37.1 Å². The van der Waals surface area contributed by atoms with Crippen molar-refractivity contribution in [2.45, 2.75) is 31.2 Å². The lowest BCUT2D eigenvalue weighted by Gasteiger charge is -2.32. The van der Waals surface area contributed by atoms with E-state index in [1.807, 2.05) is 0 Å². The van der Waals surface area contributed by atoms with E-state index in [0.29, 0.717) is 11.3 Å². The molecule has 0 saturated carbocycles. The summed E-state index contributed by atoms with van der Waals surface area (Å²) < 4.78 is 26.5. The molecule has 0 bridgehead atoms. The van der Waals surface area contributed by atoms with E-state index in [4.69, 9.17) is 5.73 Å². The third-order valence-electron chi connectivity index (χ3n) is 3.51. The number of sulfonamides is 1. The van der Waals surface area contributed by atoms with Crippen LogP contribution in [0.1, 0.15) is 18.9 Å². The zero-order valence-electron chi connectivity index (χ0n) is 11.8. The third kappa shape index (κ3) is 2.64. The Bertz CT molecular complexity index is 699. The number of hydrogen-bond acceptors (Lipinski definition) is 5. The van der Waals surface area contributed by atoms with E-state index in [2.05, 4.69) is 5.32 Å². The molecule has 7 nitrogen and oxygen atoms in total. The van der Waals surface area contributed by atoms with Crippen molar-refractivity contribution in [3.8, 4) is 0 Å². The predicted molar refractivity (Wildman–Crippen MR) is 76.7 cm³/mol. The molecule has 1 aliphatic heterocycles. The van der Waals surface area contributed by atoms with Gasteiger partial charge in [-0.25, -0.2) is 8.42 Å². The summed E-state index contributed by atoms with van der Waals surface area (Å²) in [6, 6.07) is 3.65. The maximum absolute atomic E-state index is 12.8. The Morgan fingerprint density at radius 1 is 1.38 bits per heavy atom. The summed E-state index contributed by atoms with van der Waals surface area (Å²) in [4.78, 5) is 23.3. The van der Waals surface area contributed by atoms with E-state index in [1.165, 1.54) is 12.1 Å². The van der Waals surface area contributed by atoms with Crippen LogP contribution in [-0.2, 0) is 19.6 Å². The molecule has 1 saturated heterocycles. The van der Waals surface area contributed by atoms with Gasteiger partial charge >= 0.3 is 0 Å². The minimum atomic E-state index is -3.97. The molecule has 3 N–H and O–H groups in total. The van der Waals surface area contributed by atoms with Gasteiger partial charge in [-0.2, -0.15) is 4.31 Å². The second-order valence-electron chi connectivity index (χ2n) is 4.86. The third-order valence-corrected chi connectivity index (χ3v) is 5.51. The number of nitrogen functional groups attached to an aromatic ring is 1. The minimum Gasteiger partial charge on any atom is -0.398 e. The highest BCUT2D eigenvalue weighted by molar-refractivity contribution is 7.89. The number of anilines is 1. The second-order valence-corrected chi connectivity index (χ2v) is 6.72. The van der Waals surface area contributed by atoms with Crippen LogP contribution in [0.25, 0.3) is 0 Å². The highest BCUT2D eigenvalue weighted by atomic mass is 32.2. The Labute approximate surface area is 123 Å². The molecule has 0 aliphatic carbocycles. The molecule has 0 spiro atoms. The fourth-order valence-electron chi connectivity index (χ4n) is 2.32. The topological polar surface area (TPSA) is 110 Å². The number of nitrogens with one attached hydrogen (secondary N) is 1. The molecule has 0 aromatic heterocycles. The standard InChI is InChI=1S/C13H17N3O4S/c1-3-10-13(18)15-12(17)7-16(10)21(19,20)11-6-4-5-9(14)8(11)2/h4-6,10H,3,7,14H2,1-2H3,(H,15,17,18). The highest BCUT2D eigenvalue weighted by Crippen LogP contribution is 2.26. The zero-order chi connectivity index (χ0) is 15.8. The Kier molecular flexibility index (Phi) is 4.02. The number of carbonyl (C=O) groups excluding carboxylic acids is 2. The van der Waals surface area contributed by atoms with Gasteiger partial charge in [-0.1, -0.05) is 13.0 Å². The summed E-state index contributed by atoms with van der Waals surface area (Å²) in [5.74, 6) is -1.23. The van der Waals surface area contributed by atoms with Crippen LogP contribution < -0.4 is 11.1 Å². The fourth-order valence-corrected chi connectivity index (χ4v) is 4.20. The van der Waals surface area contributed by atoms with Gasteiger partial charge in [0.1, 0.15) is 6.04 Å². The van der Waals surface area contributed by atoms with E-state index < -0.39 is 27.9 Å². The van der Waals surface area contributed by atoms with Crippen LogP contribution in [0.5, 0.6) is 0 Å². The lowest BCUT2D eigenvalue weighted by molar-refractivity contribution is -0.137. The number of imide groups is 1. The first-order valence-corrected chi connectivity index (χ1v) is 7.93. The van der Waals surface area contributed by atoms with Gasteiger partial charge in [-0.3, -0.25) is 14.9 Å². The van der Waals surface area contributed by atoms with Crippen molar-refractivity contribution in [3.63, 3.8) is 0 Å². The minimum absolute atomic E-state index is 0.0171. The summed E-state index contributed by atoms with van der Waals surface area (Å²) >= 11 is 0. The molecule has 0 radical (unpaired) electrons. The lowest BCUT2D eigenvalue weighted by atomic mass is 10.2. The lowest BCUT2D eigenvalue weighted by Crippen LogP contribution is -2.59. The summed E-state index contributed by atoms with van der Waals surface area (Å²) in [6.45, 7) is 2.91. The molecule has 1 unspecified atom stereocenters. The predicted octanol–water partition coefficient (Wildman–Crippen LogP) is 0.00292. The van der Waals surface area contributed by atoms with Gasteiger partial charge in [-0.15, -0.1) is 0 Å². The maximum atomic E-state index is 12.8. The SMILES string of the molecule is CCC1C(=O)NC(=O)CN1S(=O)(=O)c1cccc(N)c1C. The van der Waals surface area contributed by atoms with Gasteiger partial charge in [-0.05, 0) is 31.0 Å². The smallest absolute Gasteiger partial charge is 0.245 e. The maximum Gasteiger partial charge on any atom is 0.245 e. The number of amides is 2. The van der Waals surface area contributed by atoms with Crippen LogP contribution in [0.15, 0.2) is 23.1 Å². The van der Waals surface area contributed by atoms with Crippen molar-refractivity contribution >= 4 is 27.5 Å². The summed E-state index contributed by atoms with van der Waals surface area (Å²) in [5, 5.41) is 2.15. The van der Waals surface area contributed by atoms with Gasteiger partial charge in [0.15, 0.2) is 0 Å². The molecule has 1 aliphatic rings. The number of nitrogens with two attached hydrogens (primary N) is 1. The normalized spacial score (nSPS) is 20.4. The Morgan fingerprint density at radius 2 is 2.05 bits per heavy atom. The number of rotatable bonds is 3. The van der Waals surface area contributed by atoms with Crippen molar-refractivity contribution in [1.82, 2.24) is 9.62 Å². The summed E-state index contributed by atoms with van der Waals surface area (Å²) in [6.07, 6.45) is 0.277. The van der Waals surface area contributed by atoms with E-state index >= 15 is 0 Å². The fraction of sp³-hybridized carbons (Fsp3) is 0.385. The number of carbonyl (C=O) groups is 2. The molecule has 1 aromatic carbocycles. The van der Waals surface area contributed by atoms with Gasteiger partial charge in [0.25, 0.3) is 0 Å². The van der Waals surface area contributed by atoms with Crippen molar-refractivity contribution in [2.75, 3.05) is 12.3 Å². The van der Waals surface area contributed by atoms with Crippen LogP contribution in [0.4, 0.5) is 5.69 Å². The highest BCUT2D eigenvalue weighted by Gasteiger charge is 2.41. The van der Waals surface area contributed by atoms with Crippen LogP contribution in [0, 0.1) is 6.92 Å². The van der Waals surface area contributed by atoms with Crippen molar-refractivity contribution in [3.05, 3.63) is 23.8 Å². The number of piperazine rings is 1. The number of nitrogens with zero attached hydrogens (tertiary/aromatic N) is 1. The molecule has 114 valence electrons. The summed E-state index contributed by atoms with van der Waals surface area (Å²) in [5.41, 5.74) is 6.49. The average molecular weight is 311 g/mol. The Hall–Kier alpha value is -1.93. The van der Waals surface area contributed by atoms with Gasteiger partial charge in [0.2, 0.25) is 21.8 Å². The quantitative estimate of drug-likeness (QED) is 0.603. The summed E-state index contributed by atoms with van der Waals surface area (Å²) in [7, 11) is -3.97. The molecular weight excluding hydrogens is 294 g/mol. The monoisotopic (exact) mass is 311 g/mol. The first-order valence-electron chi connectivity index (χ1n) is 6.49. The van der Waals surface area contributed by atoms with Gasteiger partial charge in [0.05, 0.1) is 11.4 Å². The van der Waals surface area contributed by atoms with Crippen molar-refractivity contribution in [1.29, 1.82) is 0 Å². The zero-order valence-corrected chi connectivity index (χ0v) is 12.6. The largest absolute Gasteiger partial charge is 0.398 e. The van der Waals surface area contributed by atoms with E-state index in [-0.39, 0.29) is 17.9 Å².